The Kier molecular flexibility index (Phi) is 6.42. The summed E-state index contributed by atoms with van der Waals surface area (Å²) in [7, 11) is 0. The molecule has 0 bridgehead atoms. The molecule has 0 unspecified atom stereocenters. The first-order valence-corrected chi connectivity index (χ1v) is 10.1. The first kappa shape index (κ1) is 20.4. The van der Waals surface area contributed by atoms with Gasteiger partial charge in [0.05, 0.1) is 11.1 Å². The Labute approximate surface area is 171 Å². The number of fused-ring (bicyclic) bond motifs is 1. The van der Waals surface area contributed by atoms with Crippen LogP contribution in [0.3, 0.4) is 0 Å². The molecule has 0 amide bonds. The van der Waals surface area contributed by atoms with E-state index < -0.39 is 0 Å². The molecule has 0 saturated heterocycles. The number of carbonyl (C=O) groups is 1. The van der Waals surface area contributed by atoms with Crippen molar-refractivity contribution in [3.8, 4) is 11.5 Å². The van der Waals surface area contributed by atoms with Crippen molar-refractivity contribution >= 4 is 23.5 Å². The number of ether oxygens (including phenoxy) is 1. The number of aryl methyl sites for hydroxylation is 1. The van der Waals surface area contributed by atoms with Crippen LogP contribution in [-0.4, -0.2) is 28.9 Å². The molecule has 0 spiro atoms. The van der Waals surface area contributed by atoms with Gasteiger partial charge in [-0.05, 0) is 62.2 Å². The average Bonchev–Trinajstić information content (AvgIpc) is 2.97. The SMILES string of the molecule is CCCN(CCC)Cc1c(O)cc(C)c2c1O/C(=C/c1ccccc1Cl)C2=O. The summed E-state index contributed by atoms with van der Waals surface area (Å²) in [6, 6.07) is 8.97. The maximum atomic E-state index is 13.0. The number of phenols is 1. The highest BCUT2D eigenvalue weighted by Gasteiger charge is 2.33. The third-order valence-corrected chi connectivity index (χ3v) is 5.22. The van der Waals surface area contributed by atoms with E-state index in [2.05, 4.69) is 18.7 Å². The van der Waals surface area contributed by atoms with Crippen molar-refractivity contribution in [2.75, 3.05) is 13.1 Å². The van der Waals surface area contributed by atoms with Gasteiger partial charge < -0.3 is 9.84 Å². The summed E-state index contributed by atoms with van der Waals surface area (Å²) in [5.41, 5.74) is 2.63. The van der Waals surface area contributed by atoms with Gasteiger partial charge in [-0.1, -0.05) is 43.6 Å². The molecule has 1 N–H and O–H groups in total. The third-order valence-electron chi connectivity index (χ3n) is 4.87. The summed E-state index contributed by atoms with van der Waals surface area (Å²) >= 11 is 6.23. The first-order valence-electron chi connectivity index (χ1n) is 9.72. The monoisotopic (exact) mass is 399 g/mol. The van der Waals surface area contributed by atoms with Gasteiger partial charge in [-0.25, -0.2) is 0 Å². The maximum absolute atomic E-state index is 13.0. The predicted octanol–water partition coefficient (Wildman–Crippen LogP) is 5.59. The summed E-state index contributed by atoms with van der Waals surface area (Å²) < 4.78 is 5.99. The van der Waals surface area contributed by atoms with E-state index >= 15 is 0 Å². The van der Waals surface area contributed by atoms with E-state index in [0.717, 1.165) is 31.5 Å². The van der Waals surface area contributed by atoms with Gasteiger partial charge in [-0.2, -0.15) is 0 Å². The standard InChI is InChI=1S/C23H26ClNO3/c1-4-10-25(11-5-2)14-17-19(26)12-15(3)21-22(27)20(28-23(17)21)13-16-8-6-7-9-18(16)24/h6-9,12-13,26H,4-5,10-11,14H2,1-3H3/b20-13+. The van der Waals surface area contributed by atoms with Crippen molar-refractivity contribution < 1.29 is 14.6 Å². The quantitative estimate of drug-likeness (QED) is 0.616. The molecule has 0 radical (unpaired) electrons. The fraction of sp³-hybridized carbons (Fsp3) is 0.348. The van der Waals surface area contributed by atoms with Crippen LogP contribution in [0.5, 0.6) is 11.5 Å². The largest absolute Gasteiger partial charge is 0.507 e. The lowest BCUT2D eigenvalue weighted by atomic mass is 9.99. The number of benzene rings is 2. The van der Waals surface area contributed by atoms with E-state index in [1.54, 1.807) is 18.2 Å². The normalized spacial score (nSPS) is 14.6. The molecule has 0 saturated carbocycles. The Bertz CT molecular complexity index is 914. The van der Waals surface area contributed by atoms with E-state index in [4.69, 9.17) is 16.3 Å². The second-order valence-electron chi connectivity index (χ2n) is 7.13. The van der Waals surface area contributed by atoms with Crippen LogP contribution in [0.25, 0.3) is 6.08 Å². The summed E-state index contributed by atoms with van der Waals surface area (Å²) in [5, 5.41) is 11.1. The summed E-state index contributed by atoms with van der Waals surface area (Å²) in [6.45, 7) is 8.47. The van der Waals surface area contributed by atoms with Gasteiger partial charge in [-0.15, -0.1) is 0 Å². The Morgan fingerprint density at radius 3 is 2.50 bits per heavy atom. The van der Waals surface area contributed by atoms with Crippen LogP contribution in [0.15, 0.2) is 36.1 Å². The molecule has 28 heavy (non-hydrogen) atoms. The zero-order valence-electron chi connectivity index (χ0n) is 16.6. The Balaban J connectivity index is 2.01. The lowest BCUT2D eigenvalue weighted by Gasteiger charge is -2.22. The van der Waals surface area contributed by atoms with Crippen molar-refractivity contribution in [2.45, 2.75) is 40.2 Å². The first-order chi connectivity index (χ1) is 13.5. The van der Waals surface area contributed by atoms with Crippen molar-refractivity contribution in [1.29, 1.82) is 0 Å². The second-order valence-corrected chi connectivity index (χ2v) is 7.54. The lowest BCUT2D eigenvalue weighted by Crippen LogP contribution is -2.25. The van der Waals surface area contributed by atoms with Crippen LogP contribution in [0, 0.1) is 6.92 Å². The van der Waals surface area contributed by atoms with Gasteiger partial charge in [0.2, 0.25) is 5.78 Å². The minimum atomic E-state index is -0.175. The number of hydrogen-bond acceptors (Lipinski definition) is 4. The fourth-order valence-corrected chi connectivity index (χ4v) is 3.78. The molecule has 1 aliphatic heterocycles. The summed E-state index contributed by atoms with van der Waals surface area (Å²) in [6.07, 6.45) is 3.71. The average molecular weight is 400 g/mol. The molecule has 0 atom stereocenters. The Hall–Kier alpha value is -2.30. The number of carbonyl (C=O) groups excluding carboxylic acids is 1. The van der Waals surface area contributed by atoms with E-state index in [1.165, 1.54) is 0 Å². The molecule has 2 aromatic rings. The highest BCUT2D eigenvalue weighted by Crippen LogP contribution is 2.42. The number of phenolic OH excluding ortho intramolecular Hbond substituents is 1. The topological polar surface area (TPSA) is 49.8 Å². The minimum Gasteiger partial charge on any atom is -0.507 e. The molecule has 1 heterocycles. The van der Waals surface area contributed by atoms with Crippen LogP contribution in [-0.2, 0) is 6.54 Å². The van der Waals surface area contributed by atoms with Crippen LogP contribution in [0.2, 0.25) is 5.02 Å². The van der Waals surface area contributed by atoms with Crippen LogP contribution in [0.4, 0.5) is 0 Å². The van der Waals surface area contributed by atoms with Crippen molar-refractivity contribution in [2.24, 2.45) is 0 Å². The number of Topliss-reactive ketones (excluding diaryl/α,β-unsaturated/α-hetero) is 1. The molecule has 0 fully saturated rings. The molecule has 2 aromatic carbocycles. The molecular weight excluding hydrogens is 374 g/mol. The van der Waals surface area contributed by atoms with Crippen LogP contribution in [0.1, 0.15) is 53.7 Å². The molecule has 1 aliphatic rings. The zero-order valence-corrected chi connectivity index (χ0v) is 17.3. The third kappa shape index (κ3) is 4.08. The van der Waals surface area contributed by atoms with Crippen molar-refractivity contribution in [3.05, 3.63) is 63.4 Å². The number of ketones is 1. The molecule has 5 heteroatoms. The molecular formula is C23H26ClNO3. The van der Waals surface area contributed by atoms with Gasteiger partial charge in [0.25, 0.3) is 0 Å². The van der Waals surface area contributed by atoms with Gasteiger partial charge >= 0.3 is 0 Å². The highest BCUT2D eigenvalue weighted by molar-refractivity contribution is 6.32. The van der Waals surface area contributed by atoms with Gasteiger partial charge in [0.15, 0.2) is 5.76 Å². The number of nitrogens with zero attached hydrogens (tertiary/aromatic N) is 1. The second kappa shape index (κ2) is 8.80. The number of rotatable bonds is 7. The van der Waals surface area contributed by atoms with Crippen molar-refractivity contribution in [3.63, 3.8) is 0 Å². The molecule has 148 valence electrons. The van der Waals surface area contributed by atoms with E-state index in [0.29, 0.717) is 34.0 Å². The predicted molar refractivity (Wildman–Crippen MR) is 113 cm³/mol. The maximum Gasteiger partial charge on any atom is 0.232 e. The number of halogens is 1. The van der Waals surface area contributed by atoms with E-state index in [1.807, 2.05) is 25.1 Å². The zero-order chi connectivity index (χ0) is 20.3. The summed E-state index contributed by atoms with van der Waals surface area (Å²) in [5.74, 6) is 0.694. The number of hydrogen-bond donors (Lipinski definition) is 1. The van der Waals surface area contributed by atoms with Gasteiger partial charge in [-0.3, -0.25) is 9.69 Å². The smallest absolute Gasteiger partial charge is 0.232 e. The van der Waals surface area contributed by atoms with Crippen LogP contribution >= 0.6 is 11.6 Å². The minimum absolute atomic E-state index is 0.167. The number of aromatic hydroxyl groups is 1. The lowest BCUT2D eigenvalue weighted by molar-refractivity contribution is 0.101. The van der Waals surface area contributed by atoms with Gasteiger partial charge in [0, 0.05) is 11.6 Å². The van der Waals surface area contributed by atoms with E-state index in [9.17, 15) is 9.90 Å². The molecule has 3 rings (SSSR count). The summed E-state index contributed by atoms with van der Waals surface area (Å²) in [4.78, 5) is 15.3. The molecule has 4 nitrogen and oxygen atoms in total. The van der Waals surface area contributed by atoms with E-state index in [-0.39, 0.29) is 17.3 Å². The Morgan fingerprint density at radius 2 is 1.86 bits per heavy atom. The van der Waals surface area contributed by atoms with Crippen molar-refractivity contribution in [1.82, 2.24) is 4.90 Å². The van der Waals surface area contributed by atoms with Crippen LogP contribution < -0.4 is 4.74 Å². The Morgan fingerprint density at radius 1 is 1.18 bits per heavy atom. The van der Waals surface area contributed by atoms with Gasteiger partial charge in [0.1, 0.15) is 11.5 Å². The number of allylic oxidation sites excluding steroid dienone is 1. The molecule has 0 aliphatic carbocycles. The highest BCUT2D eigenvalue weighted by atomic mass is 35.5. The fourth-order valence-electron chi connectivity index (χ4n) is 3.59. The molecule has 0 aromatic heterocycles.